The van der Waals surface area contributed by atoms with Crippen LogP contribution >= 0.6 is 0 Å². The second-order valence-electron chi connectivity index (χ2n) is 5.91. The van der Waals surface area contributed by atoms with Gasteiger partial charge in [-0.05, 0) is 29.8 Å². The van der Waals surface area contributed by atoms with E-state index in [-0.39, 0.29) is 11.6 Å². The van der Waals surface area contributed by atoms with Gasteiger partial charge >= 0.3 is 0 Å². The topological polar surface area (TPSA) is 88.4 Å². The normalized spacial score (nSPS) is 10.5. The van der Waals surface area contributed by atoms with Crippen molar-refractivity contribution >= 4 is 28.1 Å². The molecule has 0 atom stereocenters. The van der Waals surface area contributed by atoms with Crippen molar-refractivity contribution in [2.75, 3.05) is 19.0 Å². The van der Waals surface area contributed by atoms with Crippen LogP contribution in [0.4, 0.5) is 11.4 Å². The molecule has 1 N–H and O–H groups in total. The predicted molar refractivity (Wildman–Crippen MR) is 100 cm³/mol. The first-order chi connectivity index (χ1) is 12.5. The summed E-state index contributed by atoms with van der Waals surface area (Å²) in [6.45, 7) is 0.600. The molecule has 0 saturated heterocycles. The van der Waals surface area contributed by atoms with E-state index in [1.807, 2.05) is 24.1 Å². The number of rotatable bonds is 5. The van der Waals surface area contributed by atoms with Crippen LogP contribution in [0.25, 0.3) is 10.8 Å². The molecule has 3 aromatic rings. The molecule has 3 rings (SSSR count). The molecule has 26 heavy (non-hydrogen) atoms. The maximum Gasteiger partial charge on any atom is 0.278 e. The summed E-state index contributed by atoms with van der Waals surface area (Å²) in [5.41, 5.74) is 2.55. The van der Waals surface area contributed by atoms with Gasteiger partial charge in [0.25, 0.3) is 11.6 Å². The van der Waals surface area contributed by atoms with Crippen molar-refractivity contribution in [3.63, 3.8) is 0 Å². The SMILES string of the molecule is CNC(=O)c1ccc(CN(C)c2ccc([N+](=O)[O-])c3cnccc23)cc1. The molecular formula is C19H18N4O3. The highest BCUT2D eigenvalue weighted by atomic mass is 16.6. The molecule has 0 radical (unpaired) electrons. The molecule has 0 spiro atoms. The van der Waals surface area contributed by atoms with Gasteiger partial charge < -0.3 is 10.2 Å². The van der Waals surface area contributed by atoms with Gasteiger partial charge in [0.1, 0.15) is 0 Å². The standard InChI is InChI=1S/C19H18N4O3/c1-20-19(24)14-5-3-13(4-6-14)12-22(2)17-7-8-18(23(25)26)16-11-21-10-9-15(16)17/h3-11H,12H2,1-2H3,(H,20,24). The smallest absolute Gasteiger partial charge is 0.278 e. The monoisotopic (exact) mass is 350 g/mol. The highest BCUT2D eigenvalue weighted by molar-refractivity contribution is 5.99. The molecule has 132 valence electrons. The lowest BCUT2D eigenvalue weighted by atomic mass is 10.1. The first-order valence-corrected chi connectivity index (χ1v) is 8.04. The van der Waals surface area contributed by atoms with Crippen LogP contribution in [0.2, 0.25) is 0 Å². The molecule has 0 saturated carbocycles. The van der Waals surface area contributed by atoms with E-state index < -0.39 is 4.92 Å². The van der Waals surface area contributed by atoms with Crippen molar-refractivity contribution < 1.29 is 9.72 Å². The third-order valence-corrected chi connectivity index (χ3v) is 4.24. The second kappa shape index (κ2) is 7.18. The number of pyridine rings is 1. The first kappa shape index (κ1) is 17.3. The number of nitro benzene ring substituents is 1. The first-order valence-electron chi connectivity index (χ1n) is 8.04. The highest BCUT2D eigenvalue weighted by Gasteiger charge is 2.16. The van der Waals surface area contributed by atoms with Crippen LogP contribution in [0.5, 0.6) is 0 Å². The Kier molecular flexibility index (Phi) is 4.79. The Labute approximate surface area is 150 Å². The summed E-state index contributed by atoms with van der Waals surface area (Å²) in [7, 11) is 3.52. The minimum Gasteiger partial charge on any atom is -0.370 e. The summed E-state index contributed by atoms with van der Waals surface area (Å²) in [5.74, 6) is -0.126. The van der Waals surface area contributed by atoms with Crippen molar-refractivity contribution in [2.45, 2.75) is 6.54 Å². The van der Waals surface area contributed by atoms with E-state index in [0.29, 0.717) is 17.5 Å². The van der Waals surface area contributed by atoms with Crippen LogP contribution in [0.1, 0.15) is 15.9 Å². The van der Waals surface area contributed by atoms with Gasteiger partial charge in [0.05, 0.1) is 10.3 Å². The van der Waals surface area contributed by atoms with Crippen molar-refractivity contribution in [3.8, 4) is 0 Å². The average molecular weight is 350 g/mol. The Morgan fingerprint density at radius 2 is 1.88 bits per heavy atom. The van der Waals surface area contributed by atoms with E-state index in [0.717, 1.165) is 16.6 Å². The van der Waals surface area contributed by atoms with Gasteiger partial charge in [-0.1, -0.05) is 12.1 Å². The van der Waals surface area contributed by atoms with E-state index in [4.69, 9.17) is 0 Å². The van der Waals surface area contributed by atoms with Crippen LogP contribution in [0, 0.1) is 10.1 Å². The maximum atomic E-state index is 11.6. The molecule has 0 aliphatic rings. The summed E-state index contributed by atoms with van der Waals surface area (Å²) < 4.78 is 0. The average Bonchev–Trinajstić information content (AvgIpc) is 2.66. The molecule has 0 fully saturated rings. The summed E-state index contributed by atoms with van der Waals surface area (Å²) in [6.07, 6.45) is 3.14. The molecule has 0 bridgehead atoms. The molecule has 0 aliphatic carbocycles. The number of non-ortho nitro benzene ring substituents is 1. The lowest BCUT2D eigenvalue weighted by Crippen LogP contribution is -2.19. The number of nitro groups is 1. The Hall–Kier alpha value is -3.48. The van der Waals surface area contributed by atoms with Crippen LogP contribution in [0.3, 0.4) is 0 Å². The number of hydrogen-bond acceptors (Lipinski definition) is 5. The van der Waals surface area contributed by atoms with Gasteiger partial charge in [0, 0.05) is 55.7 Å². The van der Waals surface area contributed by atoms with E-state index in [1.165, 1.54) is 12.3 Å². The van der Waals surface area contributed by atoms with Crippen molar-refractivity contribution in [1.29, 1.82) is 0 Å². The number of aromatic nitrogens is 1. The van der Waals surface area contributed by atoms with E-state index in [1.54, 1.807) is 37.5 Å². The largest absolute Gasteiger partial charge is 0.370 e. The number of hydrogen-bond donors (Lipinski definition) is 1. The molecule has 1 aromatic heterocycles. The fourth-order valence-electron chi connectivity index (χ4n) is 2.92. The highest BCUT2D eigenvalue weighted by Crippen LogP contribution is 2.33. The summed E-state index contributed by atoms with van der Waals surface area (Å²) in [6, 6.07) is 12.4. The second-order valence-corrected chi connectivity index (χ2v) is 5.91. The number of carbonyl (C=O) groups excluding carboxylic acids is 1. The minimum absolute atomic E-state index is 0.0418. The molecule has 2 aromatic carbocycles. The molecule has 0 aliphatic heterocycles. The Bertz CT molecular complexity index is 970. The lowest BCUT2D eigenvalue weighted by molar-refractivity contribution is -0.383. The molecule has 1 heterocycles. The Morgan fingerprint density at radius 1 is 1.15 bits per heavy atom. The van der Waals surface area contributed by atoms with Crippen LogP contribution in [0.15, 0.2) is 54.9 Å². The number of benzene rings is 2. The summed E-state index contributed by atoms with van der Waals surface area (Å²) >= 11 is 0. The number of nitrogens with zero attached hydrogens (tertiary/aromatic N) is 3. The third kappa shape index (κ3) is 3.32. The Balaban J connectivity index is 1.91. The zero-order valence-corrected chi connectivity index (χ0v) is 14.5. The van der Waals surface area contributed by atoms with E-state index in [9.17, 15) is 14.9 Å². The van der Waals surface area contributed by atoms with Crippen molar-refractivity contribution in [1.82, 2.24) is 10.3 Å². The fraction of sp³-hybridized carbons (Fsp3) is 0.158. The van der Waals surface area contributed by atoms with Gasteiger partial charge in [0.15, 0.2) is 0 Å². The number of nitrogens with one attached hydrogen (secondary N) is 1. The quantitative estimate of drug-likeness (QED) is 0.564. The summed E-state index contributed by atoms with van der Waals surface area (Å²) in [5, 5.41) is 15.1. The maximum absolute atomic E-state index is 11.6. The molecular weight excluding hydrogens is 332 g/mol. The van der Waals surface area contributed by atoms with Gasteiger partial charge in [-0.3, -0.25) is 19.9 Å². The fourth-order valence-corrected chi connectivity index (χ4v) is 2.92. The molecule has 1 amide bonds. The summed E-state index contributed by atoms with van der Waals surface area (Å²) in [4.78, 5) is 28.5. The van der Waals surface area contributed by atoms with E-state index >= 15 is 0 Å². The molecule has 7 nitrogen and oxygen atoms in total. The molecule has 7 heteroatoms. The van der Waals surface area contributed by atoms with E-state index in [2.05, 4.69) is 10.3 Å². The van der Waals surface area contributed by atoms with Gasteiger partial charge in [-0.2, -0.15) is 0 Å². The predicted octanol–water partition coefficient (Wildman–Crippen LogP) is 3.14. The van der Waals surface area contributed by atoms with Gasteiger partial charge in [-0.15, -0.1) is 0 Å². The Morgan fingerprint density at radius 3 is 2.54 bits per heavy atom. The van der Waals surface area contributed by atoms with Crippen LogP contribution in [-0.2, 0) is 6.54 Å². The zero-order valence-electron chi connectivity index (χ0n) is 14.5. The number of fused-ring (bicyclic) bond motifs is 1. The third-order valence-electron chi connectivity index (χ3n) is 4.24. The zero-order chi connectivity index (χ0) is 18.7. The number of amides is 1. The van der Waals surface area contributed by atoms with Crippen molar-refractivity contribution in [3.05, 3.63) is 76.1 Å². The van der Waals surface area contributed by atoms with Crippen molar-refractivity contribution in [2.24, 2.45) is 0 Å². The van der Waals surface area contributed by atoms with Crippen LogP contribution < -0.4 is 10.2 Å². The number of carbonyl (C=O) groups is 1. The van der Waals surface area contributed by atoms with Gasteiger partial charge in [-0.25, -0.2) is 0 Å². The number of anilines is 1. The van der Waals surface area contributed by atoms with Gasteiger partial charge in [0.2, 0.25) is 0 Å². The molecule has 0 unspecified atom stereocenters. The minimum atomic E-state index is -0.398. The van der Waals surface area contributed by atoms with Crippen LogP contribution in [-0.4, -0.2) is 29.9 Å². The lowest BCUT2D eigenvalue weighted by Gasteiger charge is -2.21.